The first-order valence-corrected chi connectivity index (χ1v) is 6.01. The lowest BCUT2D eigenvalue weighted by atomic mass is 10.1. The number of hydrogen-bond donors (Lipinski definition) is 2. The third-order valence-electron chi connectivity index (χ3n) is 3.26. The van der Waals surface area contributed by atoms with Crippen LogP contribution in [0.2, 0.25) is 0 Å². The Morgan fingerprint density at radius 1 is 1.56 bits per heavy atom. The maximum Gasteiger partial charge on any atom is 0.311 e. The zero-order valence-electron chi connectivity index (χ0n) is 10.5. The highest BCUT2D eigenvalue weighted by Gasteiger charge is 2.50. The summed E-state index contributed by atoms with van der Waals surface area (Å²) in [5, 5.41) is 15.8. The molecule has 0 unspecified atom stereocenters. The third-order valence-corrected chi connectivity index (χ3v) is 3.26. The van der Waals surface area contributed by atoms with Crippen LogP contribution < -0.4 is 5.32 Å². The van der Waals surface area contributed by atoms with Crippen molar-refractivity contribution < 1.29 is 14.7 Å². The number of carbonyl (C=O) groups is 2. The number of aliphatic carboxylic acids is 1. The van der Waals surface area contributed by atoms with E-state index >= 15 is 0 Å². The van der Waals surface area contributed by atoms with Gasteiger partial charge in [0.25, 0.3) is 5.91 Å². The molecule has 0 radical (unpaired) electrons. The number of rotatable bonds is 5. The Balaban J connectivity index is 1.94. The van der Waals surface area contributed by atoms with E-state index in [1.165, 1.54) is 0 Å². The molecular weight excluding hydrogens is 234 g/mol. The fourth-order valence-corrected chi connectivity index (χ4v) is 1.70. The van der Waals surface area contributed by atoms with Crippen molar-refractivity contribution in [1.29, 1.82) is 0 Å². The number of nitrogens with one attached hydrogen (secondary N) is 1. The maximum absolute atomic E-state index is 11.8. The molecule has 18 heavy (non-hydrogen) atoms. The number of aromatic nitrogens is 2. The molecule has 2 rings (SSSR count). The van der Waals surface area contributed by atoms with Crippen LogP contribution in [0.1, 0.15) is 43.2 Å². The van der Waals surface area contributed by atoms with Gasteiger partial charge < -0.3 is 10.4 Å². The number of nitrogens with zero attached hydrogens (tertiary/aromatic N) is 2. The summed E-state index contributed by atoms with van der Waals surface area (Å²) in [6.07, 6.45) is 3.00. The molecule has 1 heterocycles. The molecule has 1 aliphatic carbocycles. The number of carboxylic acid groups (broad SMARTS) is 1. The summed E-state index contributed by atoms with van der Waals surface area (Å²) in [5.41, 5.74) is -0.416. The van der Waals surface area contributed by atoms with Crippen LogP contribution in [-0.2, 0) is 4.79 Å². The van der Waals surface area contributed by atoms with Crippen LogP contribution in [0.3, 0.4) is 0 Å². The van der Waals surface area contributed by atoms with Gasteiger partial charge in [-0.3, -0.25) is 14.3 Å². The Morgan fingerprint density at radius 3 is 2.67 bits per heavy atom. The van der Waals surface area contributed by atoms with E-state index in [-0.39, 0.29) is 18.5 Å². The lowest BCUT2D eigenvalue weighted by Gasteiger charge is -2.10. The van der Waals surface area contributed by atoms with E-state index in [0.29, 0.717) is 18.5 Å². The average Bonchev–Trinajstić information content (AvgIpc) is 2.94. The second-order valence-corrected chi connectivity index (χ2v) is 5.04. The highest BCUT2D eigenvalue weighted by Crippen LogP contribution is 2.45. The SMILES string of the molecule is CC(C)n1ccc(C(=O)NCC2(C(=O)O)CC2)n1. The van der Waals surface area contributed by atoms with Gasteiger partial charge >= 0.3 is 5.97 Å². The number of carboxylic acids is 1. The summed E-state index contributed by atoms with van der Waals surface area (Å²) in [6, 6.07) is 1.83. The summed E-state index contributed by atoms with van der Waals surface area (Å²) in [4.78, 5) is 22.8. The molecule has 98 valence electrons. The molecule has 1 saturated carbocycles. The second-order valence-electron chi connectivity index (χ2n) is 5.04. The van der Waals surface area contributed by atoms with Gasteiger partial charge in [-0.15, -0.1) is 0 Å². The molecule has 1 aromatic heterocycles. The molecule has 2 N–H and O–H groups in total. The third kappa shape index (κ3) is 2.37. The number of carbonyl (C=O) groups excluding carboxylic acids is 1. The minimum absolute atomic E-state index is 0.176. The zero-order valence-corrected chi connectivity index (χ0v) is 10.5. The van der Waals surface area contributed by atoms with Crippen molar-refractivity contribution in [3.05, 3.63) is 18.0 Å². The van der Waals surface area contributed by atoms with E-state index < -0.39 is 11.4 Å². The van der Waals surface area contributed by atoms with Crippen LogP contribution in [0.5, 0.6) is 0 Å². The van der Waals surface area contributed by atoms with Crippen molar-refractivity contribution in [2.45, 2.75) is 32.7 Å². The summed E-state index contributed by atoms with van der Waals surface area (Å²) in [7, 11) is 0. The fraction of sp³-hybridized carbons (Fsp3) is 0.583. The molecule has 1 aromatic rings. The maximum atomic E-state index is 11.8. The molecule has 6 heteroatoms. The summed E-state index contributed by atoms with van der Waals surface area (Å²) in [6.45, 7) is 4.12. The average molecular weight is 251 g/mol. The molecule has 0 bridgehead atoms. The predicted octanol–water partition coefficient (Wildman–Crippen LogP) is 1.06. The summed E-state index contributed by atoms with van der Waals surface area (Å²) in [5.74, 6) is -1.16. The van der Waals surface area contributed by atoms with E-state index in [9.17, 15) is 9.59 Å². The smallest absolute Gasteiger partial charge is 0.311 e. The van der Waals surface area contributed by atoms with E-state index in [0.717, 1.165) is 0 Å². The Morgan fingerprint density at radius 2 is 2.22 bits per heavy atom. The van der Waals surface area contributed by atoms with Crippen molar-refractivity contribution in [3.8, 4) is 0 Å². The minimum Gasteiger partial charge on any atom is -0.481 e. The lowest BCUT2D eigenvalue weighted by molar-refractivity contribution is -0.143. The largest absolute Gasteiger partial charge is 0.481 e. The molecule has 1 amide bonds. The Kier molecular flexibility index (Phi) is 3.11. The van der Waals surface area contributed by atoms with Crippen LogP contribution in [0, 0.1) is 5.41 Å². The Hall–Kier alpha value is -1.85. The van der Waals surface area contributed by atoms with Gasteiger partial charge in [0.05, 0.1) is 5.41 Å². The van der Waals surface area contributed by atoms with Gasteiger partial charge in [-0.25, -0.2) is 0 Å². The molecule has 0 atom stereocenters. The standard InChI is InChI=1S/C12H17N3O3/c1-8(2)15-6-3-9(14-15)10(16)13-7-12(4-5-12)11(17)18/h3,6,8H,4-5,7H2,1-2H3,(H,13,16)(H,17,18). The summed E-state index contributed by atoms with van der Waals surface area (Å²) < 4.78 is 1.69. The lowest BCUT2D eigenvalue weighted by Crippen LogP contribution is -2.34. The van der Waals surface area contributed by atoms with Crippen LogP contribution in [0.4, 0.5) is 0 Å². The van der Waals surface area contributed by atoms with E-state index in [4.69, 9.17) is 5.11 Å². The van der Waals surface area contributed by atoms with Gasteiger partial charge in [-0.1, -0.05) is 0 Å². The van der Waals surface area contributed by atoms with Crippen molar-refractivity contribution in [2.75, 3.05) is 6.54 Å². The van der Waals surface area contributed by atoms with Crippen LogP contribution in [0.15, 0.2) is 12.3 Å². The van der Waals surface area contributed by atoms with Gasteiger partial charge in [0.1, 0.15) is 5.69 Å². The normalized spacial score (nSPS) is 16.6. The summed E-state index contributed by atoms with van der Waals surface area (Å²) >= 11 is 0. The van der Waals surface area contributed by atoms with E-state index in [1.807, 2.05) is 13.8 Å². The van der Waals surface area contributed by atoms with Crippen LogP contribution in [-0.4, -0.2) is 33.3 Å². The first kappa shape index (κ1) is 12.6. The molecule has 0 spiro atoms. The predicted molar refractivity (Wildman–Crippen MR) is 64.2 cm³/mol. The topological polar surface area (TPSA) is 84.2 Å². The molecule has 1 aliphatic rings. The van der Waals surface area contributed by atoms with E-state index in [1.54, 1.807) is 16.9 Å². The molecule has 0 aromatic carbocycles. The number of hydrogen-bond acceptors (Lipinski definition) is 3. The molecule has 1 fully saturated rings. The fourth-order valence-electron chi connectivity index (χ4n) is 1.70. The van der Waals surface area contributed by atoms with Gasteiger partial charge in [-0.05, 0) is 32.8 Å². The van der Waals surface area contributed by atoms with Crippen molar-refractivity contribution >= 4 is 11.9 Å². The van der Waals surface area contributed by atoms with Crippen molar-refractivity contribution in [2.24, 2.45) is 5.41 Å². The Bertz CT molecular complexity index is 475. The van der Waals surface area contributed by atoms with Crippen molar-refractivity contribution in [1.82, 2.24) is 15.1 Å². The quantitative estimate of drug-likeness (QED) is 0.819. The second kappa shape index (κ2) is 4.44. The molecule has 6 nitrogen and oxygen atoms in total. The molecular formula is C12H17N3O3. The van der Waals surface area contributed by atoms with Gasteiger partial charge in [0, 0.05) is 18.8 Å². The first-order chi connectivity index (χ1) is 8.44. The van der Waals surface area contributed by atoms with Crippen molar-refractivity contribution in [3.63, 3.8) is 0 Å². The van der Waals surface area contributed by atoms with Gasteiger partial charge in [0.2, 0.25) is 0 Å². The van der Waals surface area contributed by atoms with Gasteiger partial charge in [-0.2, -0.15) is 5.10 Å². The van der Waals surface area contributed by atoms with Gasteiger partial charge in [0.15, 0.2) is 0 Å². The van der Waals surface area contributed by atoms with Crippen LogP contribution >= 0.6 is 0 Å². The monoisotopic (exact) mass is 251 g/mol. The Labute approximate surface area is 105 Å². The minimum atomic E-state index is -0.837. The van der Waals surface area contributed by atoms with Crippen LogP contribution in [0.25, 0.3) is 0 Å². The number of amides is 1. The van der Waals surface area contributed by atoms with E-state index in [2.05, 4.69) is 10.4 Å². The zero-order chi connectivity index (χ0) is 13.3. The highest BCUT2D eigenvalue weighted by molar-refractivity contribution is 5.92. The molecule has 0 saturated heterocycles. The molecule has 0 aliphatic heterocycles. The highest BCUT2D eigenvalue weighted by atomic mass is 16.4. The first-order valence-electron chi connectivity index (χ1n) is 6.01.